The first-order valence-corrected chi connectivity index (χ1v) is 8.17. The molecule has 3 rings (SSSR count). The van der Waals surface area contributed by atoms with Gasteiger partial charge in [-0.05, 0) is 24.3 Å². The minimum Gasteiger partial charge on any atom is -0.485 e. The normalized spacial score (nSPS) is 15.6. The molecule has 1 N–H and O–H groups in total. The third-order valence-electron chi connectivity index (χ3n) is 3.61. The standard InChI is InChI=1S/C18H14F4N2O5/c19-17(20)27-11-6-5-10(14(7-11)29-18(21)22)8-23-24-16(25)15-9-26-12-3-1-2-4-13(12)28-15/h1-8,15,17-18H,9H2,(H,24,25)/b23-8-/t15-/m0/s1. The lowest BCUT2D eigenvalue weighted by atomic mass is 10.2. The number of nitrogens with one attached hydrogen (secondary N) is 1. The first kappa shape index (κ1) is 20.2. The van der Waals surface area contributed by atoms with Crippen molar-refractivity contribution >= 4 is 12.1 Å². The molecule has 0 spiro atoms. The number of alkyl halides is 4. The number of carbonyl (C=O) groups excluding carboxylic acids is 1. The molecule has 11 heteroatoms. The van der Waals surface area contributed by atoms with E-state index in [1.54, 1.807) is 24.3 Å². The number of ether oxygens (including phenoxy) is 4. The Bertz CT molecular complexity index is 894. The van der Waals surface area contributed by atoms with E-state index in [4.69, 9.17) is 9.47 Å². The fourth-order valence-corrected chi connectivity index (χ4v) is 2.38. The molecule has 1 atom stereocenters. The van der Waals surface area contributed by atoms with Crippen LogP contribution in [-0.4, -0.2) is 38.1 Å². The van der Waals surface area contributed by atoms with Gasteiger partial charge in [0.2, 0.25) is 6.10 Å². The van der Waals surface area contributed by atoms with Crippen molar-refractivity contribution < 1.29 is 41.3 Å². The minimum atomic E-state index is -3.20. The van der Waals surface area contributed by atoms with Crippen LogP contribution in [0.25, 0.3) is 0 Å². The molecule has 0 aliphatic carbocycles. The Morgan fingerprint density at radius 3 is 2.55 bits per heavy atom. The van der Waals surface area contributed by atoms with Gasteiger partial charge >= 0.3 is 13.2 Å². The van der Waals surface area contributed by atoms with Crippen molar-refractivity contribution in [2.45, 2.75) is 19.3 Å². The second-order valence-corrected chi connectivity index (χ2v) is 5.56. The van der Waals surface area contributed by atoms with E-state index in [0.29, 0.717) is 11.5 Å². The molecular formula is C18H14F4N2O5. The van der Waals surface area contributed by atoms with E-state index in [9.17, 15) is 22.4 Å². The molecule has 0 saturated heterocycles. The number of rotatable bonds is 7. The predicted molar refractivity (Wildman–Crippen MR) is 91.8 cm³/mol. The first-order chi connectivity index (χ1) is 13.9. The number of para-hydroxylation sites is 2. The maximum Gasteiger partial charge on any atom is 0.387 e. The lowest BCUT2D eigenvalue weighted by Gasteiger charge is -2.24. The molecule has 1 aliphatic rings. The van der Waals surface area contributed by atoms with Crippen LogP contribution in [0.4, 0.5) is 17.6 Å². The van der Waals surface area contributed by atoms with Crippen LogP contribution < -0.4 is 24.4 Å². The highest BCUT2D eigenvalue weighted by molar-refractivity contribution is 5.87. The van der Waals surface area contributed by atoms with Crippen LogP contribution in [0.1, 0.15) is 5.56 Å². The van der Waals surface area contributed by atoms with Gasteiger partial charge in [-0.15, -0.1) is 0 Å². The van der Waals surface area contributed by atoms with Gasteiger partial charge in [-0.3, -0.25) is 4.79 Å². The zero-order valence-electron chi connectivity index (χ0n) is 14.6. The Hall–Kier alpha value is -3.50. The molecule has 2 aromatic rings. The van der Waals surface area contributed by atoms with Crippen molar-refractivity contribution in [3.63, 3.8) is 0 Å². The van der Waals surface area contributed by atoms with Gasteiger partial charge in [-0.1, -0.05) is 12.1 Å². The Balaban J connectivity index is 1.65. The van der Waals surface area contributed by atoms with Gasteiger partial charge in [0.25, 0.3) is 5.91 Å². The molecule has 29 heavy (non-hydrogen) atoms. The molecule has 1 heterocycles. The molecule has 0 radical (unpaired) electrons. The summed E-state index contributed by atoms with van der Waals surface area (Å²) in [4.78, 5) is 12.2. The number of fused-ring (bicyclic) bond motifs is 1. The number of hydrogen-bond acceptors (Lipinski definition) is 6. The summed E-state index contributed by atoms with van der Waals surface area (Å²) < 4.78 is 69.0. The molecule has 7 nitrogen and oxygen atoms in total. The van der Waals surface area contributed by atoms with Gasteiger partial charge in [-0.2, -0.15) is 22.7 Å². The highest BCUT2D eigenvalue weighted by atomic mass is 19.3. The molecule has 1 aliphatic heterocycles. The zero-order chi connectivity index (χ0) is 20.8. The Morgan fingerprint density at radius 2 is 1.83 bits per heavy atom. The molecular weight excluding hydrogens is 400 g/mol. The summed E-state index contributed by atoms with van der Waals surface area (Å²) in [5.41, 5.74) is 2.19. The van der Waals surface area contributed by atoms with E-state index in [1.165, 1.54) is 6.07 Å². The Kier molecular flexibility index (Phi) is 6.37. The maximum atomic E-state index is 12.6. The van der Waals surface area contributed by atoms with Crippen LogP contribution in [0.3, 0.4) is 0 Å². The van der Waals surface area contributed by atoms with E-state index in [1.807, 2.05) is 0 Å². The minimum absolute atomic E-state index is 0.00151. The SMILES string of the molecule is O=C(N/N=C\c1ccc(OC(F)F)cc1OC(F)F)[C@@H]1COc2ccccc2O1. The van der Waals surface area contributed by atoms with Crippen molar-refractivity contribution in [2.24, 2.45) is 5.10 Å². The summed E-state index contributed by atoms with van der Waals surface area (Å²) in [5.74, 6) is -0.569. The number of nitrogens with zero attached hydrogens (tertiary/aromatic N) is 1. The average molecular weight is 414 g/mol. The second kappa shape index (κ2) is 9.13. The van der Waals surface area contributed by atoms with Crippen LogP contribution in [0.5, 0.6) is 23.0 Å². The summed E-state index contributed by atoms with van der Waals surface area (Å²) >= 11 is 0. The van der Waals surface area contributed by atoms with Gasteiger partial charge in [0.1, 0.15) is 18.1 Å². The van der Waals surface area contributed by atoms with E-state index >= 15 is 0 Å². The first-order valence-electron chi connectivity index (χ1n) is 8.17. The number of amides is 1. The third kappa shape index (κ3) is 5.50. The zero-order valence-corrected chi connectivity index (χ0v) is 14.6. The highest BCUT2D eigenvalue weighted by Crippen LogP contribution is 2.31. The monoisotopic (exact) mass is 414 g/mol. The number of halogens is 4. The van der Waals surface area contributed by atoms with E-state index in [0.717, 1.165) is 18.3 Å². The fraction of sp³-hybridized carbons (Fsp3) is 0.222. The number of carbonyl (C=O) groups is 1. The molecule has 154 valence electrons. The third-order valence-corrected chi connectivity index (χ3v) is 3.61. The number of benzene rings is 2. The maximum absolute atomic E-state index is 12.6. The lowest BCUT2D eigenvalue weighted by Crippen LogP contribution is -2.42. The lowest BCUT2D eigenvalue weighted by molar-refractivity contribution is -0.130. The summed E-state index contributed by atoms with van der Waals surface area (Å²) in [5, 5.41) is 3.66. The van der Waals surface area contributed by atoms with Crippen LogP contribution in [0, 0.1) is 0 Å². The molecule has 0 saturated carbocycles. The van der Waals surface area contributed by atoms with Crippen LogP contribution >= 0.6 is 0 Å². The van der Waals surface area contributed by atoms with Gasteiger partial charge in [0.15, 0.2) is 11.5 Å². The van der Waals surface area contributed by atoms with Crippen LogP contribution in [0.2, 0.25) is 0 Å². The molecule has 0 aromatic heterocycles. The summed E-state index contributed by atoms with van der Waals surface area (Å²) in [6.07, 6.45) is 0.0417. The largest absolute Gasteiger partial charge is 0.485 e. The fourth-order valence-electron chi connectivity index (χ4n) is 2.38. The van der Waals surface area contributed by atoms with E-state index in [2.05, 4.69) is 20.0 Å². The van der Waals surface area contributed by atoms with E-state index < -0.39 is 31.0 Å². The van der Waals surface area contributed by atoms with Crippen molar-refractivity contribution in [1.82, 2.24) is 5.43 Å². The molecule has 2 aromatic carbocycles. The predicted octanol–water partition coefficient (Wildman–Crippen LogP) is 3.18. The number of hydrazone groups is 1. The van der Waals surface area contributed by atoms with Crippen molar-refractivity contribution in [1.29, 1.82) is 0 Å². The topological polar surface area (TPSA) is 78.4 Å². The van der Waals surface area contributed by atoms with Gasteiger partial charge in [0, 0.05) is 11.6 Å². The van der Waals surface area contributed by atoms with Crippen molar-refractivity contribution in [2.75, 3.05) is 6.61 Å². The van der Waals surface area contributed by atoms with Crippen LogP contribution in [0.15, 0.2) is 47.6 Å². The quantitative estimate of drug-likeness (QED) is 0.428. The second-order valence-electron chi connectivity index (χ2n) is 5.56. The van der Waals surface area contributed by atoms with E-state index in [-0.39, 0.29) is 17.9 Å². The molecule has 0 bridgehead atoms. The van der Waals surface area contributed by atoms with Gasteiger partial charge in [-0.25, -0.2) is 5.43 Å². The Morgan fingerprint density at radius 1 is 1.10 bits per heavy atom. The molecule has 0 unspecified atom stereocenters. The summed E-state index contributed by atoms with van der Waals surface area (Å²) in [6.45, 7) is -6.37. The smallest absolute Gasteiger partial charge is 0.387 e. The van der Waals surface area contributed by atoms with Crippen LogP contribution in [-0.2, 0) is 4.79 Å². The van der Waals surface area contributed by atoms with Gasteiger partial charge < -0.3 is 18.9 Å². The summed E-state index contributed by atoms with van der Waals surface area (Å²) in [6, 6.07) is 9.93. The molecule has 1 amide bonds. The Labute approximate surface area is 161 Å². The number of hydrogen-bond donors (Lipinski definition) is 1. The highest BCUT2D eigenvalue weighted by Gasteiger charge is 2.27. The summed E-state index contributed by atoms with van der Waals surface area (Å²) in [7, 11) is 0. The average Bonchev–Trinajstić information content (AvgIpc) is 2.68. The van der Waals surface area contributed by atoms with Gasteiger partial charge in [0.05, 0.1) is 6.21 Å². The van der Waals surface area contributed by atoms with Crippen molar-refractivity contribution in [3.8, 4) is 23.0 Å². The molecule has 0 fully saturated rings. The van der Waals surface area contributed by atoms with Crippen molar-refractivity contribution in [3.05, 3.63) is 48.0 Å².